The van der Waals surface area contributed by atoms with Gasteiger partial charge in [0.05, 0.1) is 4.34 Å². The Morgan fingerprint density at radius 1 is 1.30 bits per heavy atom. The average Bonchev–Trinajstić information content (AvgIpc) is 2.76. The van der Waals surface area contributed by atoms with Gasteiger partial charge in [-0.05, 0) is 45.7 Å². The molecule has 3 nitrogen and oxygen atoms in total. The van der Waals surface area contributed by atoms with Crippen LogP contribution in [-0.4, -0.2) is 15.0 Å². The average molecular weight is 334 g/mol. The predicted octanol–water partition coefficient (Wildman–Crippen LogP) is 4.37. The Kier molecular flexibility index (Phi) is 6.95. The number of hydrogen-bond donors (Lipinski definition) is 1. The summed E-state index contributed by atoms with van der Waals surface area (Å²) in [6.45, 7) is 6.45. The first-order valence-electron chi connectivity index (χ1n) is 6.35. The fraction of sp³-hybridized carbons (Fsp3) is 0.429. The van der Waals surface area contributed by atoms with Crippen LogP contribution in [0.1, 0.15) is 33.6 Å². The van der Waals surface area contributed by atoms with E-state index in [0.29, 0.717) is 10.9 Å². The minimum Gasteiger partial charge on any atom is -0.207 e. The second-order valence-electron chi connectivity index (χ2n) is 4.78. The molecule has 6 heteroatoms. The van der Waals surface area contributed by atoms with E-state index in [-0.39, 0.29) is 4.21 Å². The van der Waals surface area contributed by atoms with Gasteiger partial charge < -0.3 is 0 Å². The molecule has 0 saturated heterocycles. The molecule has 1 rings (SSSR count). The summed E-state index contributed by atoms with van der Waals surface area (Å²) < 4.78 is 27.1. The van der Waals surface area contributed by atoms with E-state index in [1.165, 1.54) is 17.2 Å². The van der Waals surface area contributed by atoms with E-state index in [0.717, 1.165) is 24.2 Å². The minimum absolute atomic E-state index is 0.248. The van der Waals surface area contributed by atoms with Gasteiger partial charge in [0.25, 0.3) is 0 Å². The number of hydrogen-bond acceptors (Lipinski definition) is 3. The zero-order chi connectivity index (χ0) is 15.2. The van der Waals surface area contributed by atoms with Crippen LogP contribution in [0.4, 0.5) is 0 Å². The number of nitrogens with one attached hydrogen (secondary N) is 1. The molecule has 1 N–H and O–H groups in total. The molecule has 0 aliphatic heterocycles. The van der Waals surface area contributed by atoms with Crippen molar-refractivity contribution >= 4 is 33.0 Å². The van der Waals surface area contributed by atoms with Crippen LogP contribution in [0.2, 0.25) is 4.34 Å². The molecule has 1 aromatic rings. The van der Waals surface area contributed by atoms with Crippen LogP contribution in [0, 0.1) is 0 Å². The van der Waals surface area contributed by atoms with Gasteiger partial charge in [-0.15, -0.1) is 11.3 Å². The Balaban J connectivity index is 2.48. The van der Waals surface area contributed by atoms with E-state index in [9.17, 15) is 8.42 Å². The number of halogens is 1. The largest absolute Gasteiger partial charge is 0.250 e. The molecule has 0 unspecified atom stereocenters. The van der Waals surface area contributed by atoms with Gasteiger partial charge in [-0.2, -0.15) is 0 Å². The molecule has 20 heavy (non-hydrogen) atoms. The van der Waals surface area contributed by atoms with Crippen molar-refractivity contribution in [3.05, 3.63) is 39.8 Å². The van der Waals surface area contributed by atoms with Crippen LogP contribution in [-0.2, 0) is 10.0 Å². The molecule has 0 aromatic carbocycles. The highest BCUT2D eigenvalue weighted by atomic mass is 35.5. The van der Waals surface area contributed by atoms with Crippen LogP contribution in [0.5, 0.6) is 0 Å². The summed E-state index contributed by atoms with van der Waals surface area (Å²) in [4.78, 5) is 0. The van der Waals surface area contributed by atoms with Crippen molar-refractivity contribution in [2.75, 3.05) is 6.54 Å². The van der Waals surface area contributed by atoms with Gasteiger partial charge in [0.15, 0.2) is 0 Å². The smallest absolute Gasteiger partial charge is 0.207 e. The van der Waals surface area contributed by atoms with E-state index in [1.807, 2.05) is 13.0 Å². The molecule has 0 bridgehead atoms. The Hall–Kier alpha value is -0.620. The number of allylic oxidation sites excluding steroid dienone is 3. The molecule has 0 fully saturated rings. The third-order valence-corrected chi connectivity index (χ3v) is 5.78. The molecule has 0 aliphatic carbocycles. The molecular formula is C14H20ClNO2S2. The molecule has 0 spiro atoms. The van der Waals surface area contributed by atoms with Crippen molar-refractivity contribution in [3.8, 4) is 0 Å². The molecule has 0 aliphatic rings. The van der Waals surface area contributed by atoms with Crippen molar-refractivity contribution < 1.29 is 8.42 Å². The zero-order valence-electron chi connectivity index (χ0n) is 11.9. The van der Waals surface area contributed by atoms with Crippen LogP contribution in [0.15, 0.2) is 39.6 Å². The standard InChI is InChI=1S/C14H20ClNO2S2/c1-11(2)5-4-6-12(3)9-10-16-20(17,18)14-8-7-13(15)19-14/h5,7-9,16H,4,6,10H2,1-3H3/b12-9+. The maximum atomic E-state index is 11.9. The van der Waals surface area contributed by atoms with Crippen molar-refractivity contribution in [2.45, 2.75) is 37.8 Å². The van der Waals surface area contributed by atoms with Crippen molar-refractivity contribution in [1.82, 2.24) is 4.72 Å². The molecule has 0 amide bonds. The van der Waals surface area contributed by atoms with Gasteiger partial charge >= 0.3 is 0 Å². The maximum absolute atomic E-state index is 11.9. The lowest BCUT2D eigenvalue weighted by Gasteiger charge is -2.03. The molecule has 1 aromatic heterocycles. The van der Waals surface area contributed by atoms with Crippen LogP contribution < -0.4 is 4.72 Å². The quantitative estimate of drug-likeness (QED) is 0.753. The third-order valence-electron chi connectivity index (χ3n) is 2.63. The monoisotopic (exact) mass is 333 g/mol. The topological polar surface area (TPSA) is 46.2 Å². The first-order valence-corrected chi connectivity index (χ1v) is 9.03. The molecule has 0 radical (unpaired) electrons. The summed E-state index contributed by atoms with van der Waals surface area (Å²) in [5, 5.41) is 0. The van der Waals surface area contributed by atoms with Gasteiger partial charge in [-0.1, -0.05) is 34.9 Å². The van der Waals surface area contributed by atoms with Gasteiger partial charge in [-0.3, -0.25) is 0 Å². The summed E-state index contributed by atoms with van der Waals surface area (Å²) >= 11 is 6.80. The first kappa shape index (κ1) is 17.4. The molecular weight excluding hydrogens is 314 g/mol. The Morgan fingerprint density at radius 2 is 2.00 bits per heavy atom. The lowest BCUT2D eigenvalue weighted by atomic mass is 10.1. The van der Waals surface area contributed by atoms with Gasteiger partial charge in [-0.25, -0.2) is 13.1 Å². The first-order chi connectivity index (χ1) is 9.31. The lowest BCUT2D eigenvalue weighted by molar-refractivity contribution is 0.587. The number of sulfonamides is 1. The maximum Gasteiger partial charge on any atom is 0.250 e. The van der Waals surface area contributed by atoms with E-state index in [1.54, 1.807) is 6.07 Å². The van der Waals surface area contributed by atoms with Crippen LogP contribution in [0.25, 0.3) is 0 Å². The van der Waals surface area contributed by atoms with Gasteiger partial charge in [0.1, 0.15) is 4.21 Å². The van der Waals surface area contributed by atoms with Gasteiger partial charge in [0, 0.05) is 6.54 Å². The molecule has 0 atom stereocenters. The van der Waals surface area contributed by atoms with E-state index in [4.69, 9.17) is 11.6 Å². The fourth-order valence-electron chi connectivity index (χ4n) is 1.53. The minimum atomic E-state index is -3.44. The van der Waals surface area contributed by atoms with Crippen LogP contribution in [0.3, 0.4) is 0 Å². The predicted molar refractivity (Wildman–Crippen MR) is 86.9 cm³/mol. The third kappa shape index (κ3) is 6.22. The Morgan fingerprint density at radius 3 is 2.55 bits per heavy atom. The molecule has 112 valence electrons. The van der Waals surface area contributed by atoms with Crippen molar-refractivity contribution in [1.29, 1.82) is 0 Å². The summed E-state index contributed by atoms with van der Waals surface area (Å²) in [5.41, 5.74) is 2.47. The highest BCUT2D eigenvalue weighted by Gasteiger charge is 2.15. The number of rotatable bonds is 7. The van der Waals surface area contributed by atoms with E-state index < -0.39 is 10.0 Å². The fourth-order valence-corrected chi connectivity index (χ4v) is 4.02. The van der Waals surface area contributed by atoms with Gasteiger partial charge in [0.2, 0.25) is 10.0 Å². The highest BCUT2D eigenvalue weighted by Crippen LogP contribution is 2.25. The Bertz CT molecular complexity index is 596. The summed E-state index contributed by atoms with van der Waals surface area (Å²) in [7, 11) is -3.44. The van der Waals surface area contributed by atoms with Crippen molar-refractivity contribution in [3.63, 3.8) is 0 Å². The summed E-state index contributed by atoms with van der Waals surface area (Å²) in [5.74, 6) is 0. The second kappa shape index (κ2) is 7.98. The van der Waals surface area contributed by atoms with Crippen LogP contribution >= 0.6 is 22.9 Å². The summed E-state index contributed by atoms with van der Waals surface area (Å²) in [6, 6.07) is 3.10. The second-order valence-corrected chi connectivity index (χ2v) is 8.49. The summed E-state index contributed by atoms with van der Waals surface area (Å²) in [6.07, 6.45) is 6.01. The molecule has 0 saturated carbocycles. The lowest BCUT2D eigenvalue weighted by Crippen LogP contribution is -2.23. The van der Waals surface area contributed by atoms with E-state index in [2.05, 4.69) is 24.6 Å². The highest BCUT2D eigenvalue weighted by molar-refractivity contribution is 7.91. The SMILES string of the molecule is CC(C)=CCC/C(C)=C/CNS(=O)(=O)c1ccc(Cl)s1. The normalized spacial score (nSPS) is 12.5. The number of thiophene rings is 1. The van der Waals surface area contributed by atoms with E-state index >= 15 is 0 Å². The Labute approximate surface area is 130 Å². The zero-order valence-corrected chi connectivity index (χ0v) is 14.3. The molecule has 1 heterocycles. The van der Waals surface area contributed by atoms with Crippen molar-refractivity contribution in [2.24, 2.45) is 0 Å².